The average Bonchev–Trinajstić information content (AvgIpc) is 2.54. The molecule has 0 radical (unpaired) electrons. The van der Waals surface area contributed by atoms with E-state index in [0.29, 0.717) is 12.1 Å². The van der Waals surface area contributed by atoms with Gasteiger partial charge in [0, 0.05) is 19.6 Å². The van der Waals surface area contributed by atoms with Crippen LogP contribution >= 0.6 is 0 Å². The van der Waals surface area contributed by atoms with Crippen molar-refractivity contribution < 1.29 is 35.1 Å². The van der Waals surface area contributed by atoms with Crippen LogP contribution in [-0.2, 0) is 14.9 Å². The van der Waals surface area contributed by atoms with E-state index in [2.05, 4.69) is 0 Å². The van der Waals surface area contributed by atoms with Crippen LogP contribution < -0.4 is 0 Å². The Hall–Kier alpha value is -1.30. The largest absolute Gasteiger partial charge is 0.409 e. The first-order valence-electron chi connectivity index (χ1n) is 7.45. The predicted molar refractivity (Wildman–Crippen MR) is 78.8 cm³/mol. The number of ether oxygens (including phenoxy) is 1. The molecule has 0 saturated carbocycles. The summed E-state index contributed by atoms with van der Waals surface area (Å²) in [7, 11) is -4.48. The van der Waals surface area contributed by atoms with Gasteiger partial charge in [-0.05, 0) is 17.7 Å². The van der Waals surface area contributed by atoms with Gasteiger partial charge in [-0.3, -0.25) is 0 Å². The molecular weight excluding hydrogens is 371 g/mol. The van der Waals surface area contributed by atoms with Crippen LogP contribution in [0.1, 0.15) is 18.5 Å². The first kappa shape index (κ1) is 20.0. The molecule has 0 N–H and O–H groups in total. The first-order valence-corrected chi connectivity index (χ1v) is 8.85. The van der Waals surface area contributed by atoms with Gasteiger partial charge in [0.05, 0.1) is 13.2 Å². The Morgan fingerprint density at radius 2 is 1.80 bits per heavy atom. The summed E-state index contributed by atoms with van der Waals surface area (Å²) in [5.74, 6) is -2.80. The Labute approximate surface area is 142 Å². The summed E-state index contributed by atoms with van der Waals surface area (Å²) < 4.78 is 98.7. The summed E-state index contributed by atoms with van der Waals surface area (Å²) in [6.07, 6.45) is -5.01. The highest BCUT2D eigenvalue weighted by molar-refractivity contribution is 7.86. The van der Waals surface area contributed by atoms with Gasteiger partial charge in [-0.15, -0.1) is 0 Å². The van der Waals surface area contributed by atoms with Crippen LogP contribution in [0.5, 0.6) is 0 Å². The monoisotopic (exact) mass is 388 g/mol. The lowest BCUT2D eigenvalue weighted by atomic mass is 10.1. The SMILES string of the molecule is CCN([C@H](c1ccc(F)c(F)c1)C(F)(F)F)S(=O)(=O)N1CCOCC1. The van der Waals surface area contributed by atoms with Crippen molar-refractivity contribution in [3.8, 4) is 0 Å². The maximum absolute atomic E-state index is 13.6. The second-order valence-electron chi connectivity index (χ2n) is 5.34. The van der Waals surface area contributed by atoms with Crippen LogP contribution in [0, 0.1) is 11.6 Å². The molecule has 1 aromatic rings. The van der Waals surface area contributed by atoms with Crippen LogP contribution in [0.15, 0.2) is 18.2 Å². The van der Waals surface area contributed by atoms with E-state index in [1.807, 2.05) is 0 Å². The van der Waals surface area contributed by atoms with E-state index < -0.39 is 46.2 Å². The highest BCUT2D eigenvalue weighted by Gasteiger charge is 2.50. The fourth-order valence-corrected chi connectivity index (χ4v) is 4.35. The number of nitrogens with zero attached hydrogens (tertiary/aromatic N) is 2. The molecule has 0 amide bonds. The molecule has 1 aliphatic rings. The van der Waals surface area contributed by atoms with Crippen LogP contribution in [0.25, 0.3) is 0 Å². The highest BCUT2D eigenvalue weighted by atomic mass is 32.2. The summed E-state index contributed by atoms with van der Waals surface area (Å²) in [6.45, 7) is 0.721. The van der Waals surface area contributed by atoms with Crippen molar-refractivity contribution in [3.63, 3.8) is 0 Å². The minimum Gasteiger partial charge on any atom is -0.379 e. The molecule has 1 atom stereocenters. The van der Waals surface area contributed by atoms with Crippen molar-refractivity contribution in [2.24, 2.45) is 0 Å². The summed E-state index contributed by atoms with van der Waals surface area (Å²) in [4.78, 5) is 0. The van der Waals surface area contributed by atoms with E-state index in [0.717, 1.165) is 10.4 Å². The molecule has 11 heteroatoms. The number of rotatable bonds is 5. The van der Waals surface area contributed by atoms with Crippen molar-refractivity contribution in [1.29, 1.82) is 0 Å². The third kappa shape index (κ3) is 4.27. The maximum atomic E-state index is 13.6. The Balaban J connectivity index is 2.48. The van der Waals surface area contributed by atoms with Gasteiger partial charge in [0.1, 0.15) is 6.04 Å². The van der Waals surface area contributed by atoms with Gasteiger partial charge in [0.2, 0.25) is 0 Å². The molecule has 0 spiro atoms. The molecule has 0 bridgehead atoms. The van der Waals surface area contributed by atoms with Gasteiger partial charge in [0.25, 0.3) is 10.2 Å². The number of benzene rings is 1. The van der Waals surface area contributed by atoms with E-state index in [4.69, 9.17) is 4.74 Å². The van der Waals surface area contributed by atoms with Gasteiger partial charge >= 0.3 is 6.18 Å². The number of alkyl halides is 3. The van der Waals surface area contributed by atoms with E-state index in [1.165, 1.54) is 6.92 Å². The standard InChI is InChI=1S/C14H17F5N2O3S/c1-2-21(25(22,23)20-5-7-24-8-6-20)13(14(17,18)19)10-3-4-11(15)12(16)9-10/h3-4,9,13H,2,5-8H2,1H3/t13-/m1/s1. The molecule has 0 unspecified atom stereocenters. The summed E-state index contributed by atoms with van der Waals surface area (Å²) in [6, 6.07) is -0.988. The van der Waals surface area contributed by atoms with Gasteiger partial charge in [0.15, 0.2) is 11.6 Å². The Bertz CT molecular complexity index is 705. The fourth-order valence-electron chi connectivity index (χ4n) is 2.61. The van der Waals surface area contributed by atoms with Gasteiger partial charge < -0.3 is 4.74 Å². The fraction of sp³-hybridized carbons (Fsp3) is 0.571. The smallest absolute Gasteiger partial charge is 0.379 e. The van der Waals surface area contributed by atoms with Crippen LogP contribution in [0.3, 0.4) is 0 Å². The van der Waals surface area contributed by atoms with Crippen molar-refractivity contribution in [2.75, 3.05) is 32.8 Å². The molecule has 142 valence electrons. The lowest BCUT2D eigenvalue weighted by Crippen LogP contribution is -2.52. The number of halogens is 5. The topological polar surface area (TPSA) is 49.9 Å². The van der Waals surface area contributed by atoms with E-state index in [-0.39, 0.29) is 30.6 Å². The van der Waals surface area contributed by atoms with E-state index in [9.17, 15) is 30.4 Å². The third-order valence-electron chi connectivity index (χ3n) is 3.76. The zero-order valence-corrected chi connectivity index (χ0v) is 14.1. The van der Waals surface area contributed by atoms with Crippen molar-refractivity contribution in [2.45, 2.75) is 19.1 Å². The van der Waals surface area contributed by atoms with Crippen LogP contribution in [0.2, 0.25) is 0 Å². The van der Waals surface area contributed by atoms with Crippen molar-refractivity contribution >= 4 is 10.2 Å². The number of morpholine rings is 1. The second kappa shape index (κ2) is 7.52. The molecule has 1 heterocycles. The molecule has 2 rings (SSSR count). The Morgan fingerprint density at radius 1 is 1.20 bits per heavy atom. The van der Waals surface area contributed by atoms with Crippen molar-refractivity contribution in [3.05, 3.63) is 35.4 Å². The van der Waals surface area contributed by atoms with E-state index in [1.54, 1.807) is 0 Å². The molecule has 1 saturated heterocycles. The van der Waals surface area contributed by atoms with Gasteiger partial charge in [-0.25, -0.2) is 8.78 Å². The Morgan fingerprint density at radius 3 is 2.28 bits per heavy atom. The minimum atomic E-state index is -5.01. The second-order valence-corrected chi connectivity index (χ2v) is 7.22. The molecule has 1 aliphatic heterocycles. The quantitative estimate of drug-likeness (QED) is 0.729. The molecular formula is C14H17F5N2O3S. The molecule has 5 nitrogen and oxygen atoms in total. The molecule has 25 heavy (non-hydrogen) atoms. The first-order chi connectivity index (χ1) is 11.6. The highest BCUT2D eigenvalue weighted by Crippen LogP contribution is 2.40. The third-order valence-corrected chi connectivity index (χ3v) is 5.84. The van der Waals surface area contributed by atoms with E-state index >= 15 is 0 Å². The molecule has 0 aliphatic carbocycles. The predicted octanol–water partition coefficient (Wildman–Crippen LogP) is 2.47. The summed E-state index contributed by atoms with van der Waals surface area (Å²) in [5.41, 5.74) is -0.690. The number of hydrogen-bond donors (Lipinski definition) is 0. The van der Waals surface area contributed by atoms with Crippen molar-refractivity contribution in [1.82, 2.24) is 8.61 Å². The zero-order valence-electron chi connectivity index (χ0n) is 13.3. The molecule has 0 aromatic heterocycles. The minimum absolute atomic E-state index is 0.0681. The lowest BCUT2D eigenvalue weighted by Gasteiger charge is -2.36. The summed E-state index contributed by atoms with van der Waals surface area (Å²) >= 11 is 0. The van der Waals surface area contributed by atoms with Gasteiger partial charge in [-0.2, -0.15) is 30.2 Å². The zero-order chi connectivity index (χ0) is 18.8. The summed E-state index contributed by atoms with van der Waals surface area (Å²) in [5, 5.41) is 0. The molecule has 1 fully saturated rings. The lowest BCUT2D eigenvalue weighted by molar-refractivity contribution is -0.174. The van der Waals surface area contributed by atoms with Crippen LogP contribution in [-0.4, -0.2) is 56.1 Å². The number of hydrogen-bond acceptors (Lipinski definition) is 3. The van der Waals surface area contributed by atoms with Crippen LogP contribution in [0.4, 0.5) is 22.0 Å². The normalized spacial score (nSPS) is 18.5. The average molecular weight is 388 g/mol. The molecule has 1 aromatic carbocycles. The van der Waals surface area contributed by atoms with Gasteiger partial charge in [-0.1, -0.05) is 13.0 Å². The maximum Gasteiger partial charge on any atom is 0.409 e. The Kier molecular flexibility index (Phi) is 6.02.